The molecule has 0 spiro atoms. The lowest BCUT2D eigenvalue weighted by atomic mass is 9.89. The summed E-state index contributed by atoms with van der Waals surface area (Å²) in [7, 11) is 2.21. The van der Waals surface area contributed by atoms with Crippen molar-refractivity contribution < 1.29 is 0 Å². The maximum atomic E-state index is 6.10. The second kappa shape index (κ2) is 7.58. The van der Waals surface area contributed by atoms with Crippen molar-refractivity contribution in [3.8, 4) is 0 Å². The molecular formula is C17H29BrN2. The molecule has 0 heterocycles. The van der Waals surface area contributed by atoms with Crippen LogP contribution in [-0.4, -0.2) is 30.1 Å². The van der Waals surface area contributed by atoms with Crippen LogP contribution in [0.3, 0.4) is 0 Å². The third kappa shape index (κ3) is 4.87. The van der Waals surface area contributed by atoms with Gasteiger partial charge in [0.25, 0.3) is 0 Å². The second-order valence-electron chi connectivity index (χ2n) is 6.59. The summed E-state index contributed by atoms with van der Waals surface area (Å²) in [6.45, 7) is 9.79. The lowest BCUT2D eigenvalue weighted by Crippen LogP contribution is -2.54. The van der Waals surface area contributed by atoms with Gasteiger partial charge in [0.05, 0.1) is 0 Å². The molecule has 0 radical (unpaired) electrons. The molecule has 114 valence electrons. The maximum absolute atomic E-state index is 6.10. The molecule has 0 fully saturated rings. The van der Waals surface area contributed by atoms with Gasteiger partial charge in [-0.25, -0.2) is 0 Å². The molecule has 2 nitrogen and oxygen atoms in total. The Morgan fingerprint density at radius 1 is 1.20 bits per heavy atom. The fourth-order valence-electron chi connectivity index (χ4n) is 2.76. The van der Waals surface area contributed by atoms with Crippen molar-refractivity contribution >= 4 is 15.9 Å². The van der Waals surface area contributed by atoms with Crippen molar-refractivity contribution in [1.82, 2.24) is 4.90 Å². The second-order valence-corrected chi connectivity index (χ2v) is 7.51. The monoisotopic (exact) mass is 340 g/mol. The van der Waals surface area contributed by atoms with E-state index in [4.69, 9.17) is 5.73 Å². The summed E-state index contributed by atoms with van der Waals surface area (Å²) in [6, 6.07) is 9.10. The van der Waals surface area contributed by atoms with Crippen molar-refractivity contribution in [1.29, 1.82) is 0 Å². The third-order valence-corrected chi connectivity index (χ3v) is 4.79. The molecule has 0 aliphatic rings. The molecule has 0 aliphatic heterocycles. The molecule has 0 aromatic heterocycles. The van der Waals surface area contributed by atoms with Crippen LogP contribution in [0.4, 0.5) is 0 Å². The van der Waals surface area contributed by atoms with Crippen LogP contribution in [0.2, 0.25) is 0 Å². The Kier molecular flexibility index (Phi) is 6.70. The summed E-state index contributed by atoms with van der Waals surface area (Å²) in [5, 5.41) is 0. The van der Waals surface area contributed by atoms with Gasteiger partial charge >= 0.3 is 0 Å². The topological polar surface area (TPSA) is 29.3 Å². The van der Waals surface area contributed by atoms with E-state index in [9.17, 15) is 0 Å². The van der Waals surface area contributed by atoms with E-state index in [1.165, 1.54) is 12.0 Å². The Morgan fingerprint density at radius 2 is 1.75 bits per heavy atom. The third-order valence-electron chi connectivity index (χ3n) is 4.26. The molecule has 0 aliphatic carbocycles. The summed E-state index contributed by atoms with van der Waals surface area (Å²) in [5.74, 6) is 0.710. The molecular weight excluding hydrogens is 312 g/mol. The predicted octanol–water partition coefficient (Wildman–Crippen LogP) is 4.08. The first kappa shape index (κ1) is 17.7. The van der Waals surface area contributed by atoms with Gasteiger partial charge in [-0.15, -0.1) is 0 Å². The standard InChI is InChI=1S/C17H29BrN2/c1-13(2)10-14(3)20(5)17(4,12-19)11-15-6-8-16(18)9-7-15/h6-9,13-14H,10-12,19H2,1-5H3. The first-order valence-electron chi connectivity index (χ1n) is 7.46. The summed E-state index contributed by atoms with van der Waals surface area (Å²) in [6.07, 6.45) is 2.18. The van der Waals surface area contributed by atoms with E-state index in [2.05, 4.69) is 79.8 Å². The molecule has 3 heteroatoms. The summed E-state index contributed by atoms with van der Waals surface area (Å²) in [5.41, 5.74) is 7.44. The zero-order chi connectivity index (χ0) is 15.3. The number of nitrogens with two attached hydrogens (primary N) is 1. The summed E-state index contributed by atoms with van der Waals surface area (Å²) >= 11 is 3.49. The van der Waals surface area contributed by atoms with Gasteiger partial charge in [0.2, 0.25) is 0 Å². The Balaban J connectivity index is 2.82. The minimum atomic E-state index is 0.00212. The maximum Gasteiger partial charge on any atom is 0.0343 e. The highest BCUT2D eigenvalue weighted by Gasteiger charge is 2.31. The Morgan fingerprint density at radius 3 is 2.20 bits per heavy atom. The molecule has 1 aromatic carbocycles. The Labute approximate surface area is 132 Å². The first-order chi connectivity index (χ1) is 9.28. The average molecular weight is 341 g/mol. The van der Waals surface area contributed by atoms with Crippen molar-refractivity contribution in [3.05, 3.63) is 34.3 Å². The quantitative estimate of drug-likeness (QED) is 0.810. The van der Waals surface area contributed by atoms with Crippen molar-refractivity contribution in [2.45, 2.75) is 52.1 Å². The van der Waals surface area contributed by atoms with Gasteiger partial charge in [-0.2, -0.15) is 0 Å². The molecule has 0 amide bonds. The smallest absolute Gasteiger partial charge is 0.0343 e. The highest BCUT2D eigenvalue weighted by atomic mass is 79.9. The fraction of sp³-hybridized carbons (Fsp3) is 0.647. The zero-order valence-electron chi connectivity index (χ0n) is 13.5. The van der Waals surface area contributed by atoms with Crippen LogP contribution in [0.1, 0.15) is 39.7 Å². The van der Waals surface area contributed by atoms with E-state index in [1.54, 1.807) is 0 Å². The number of nitrogens with zero attached hydrogens (tertiary/aromatic N) is 1. The van der Waals surface area contributed by atoms with E-state index < -0.39 is 0 Å². The van der Waals surface area contributed by atoms with Gasteiger partial charge in [0.1, 0.15) is 0 Å². The predicted molar refractivity (Wildman–Crippen MR) is 92.0 cm³/mol. The molecule has 2 atom stereocenters. The zero-order valence-corrected chi connectivity index (χ0v) is 15.1. The largest absolute Gasteiger partial charge is 0.329 e. The van der Waals surface area contributed by atoms with Gasteiger partial charge in [-0.3, -0.25) is 4.90 Å². The number of halogens is 1. The molecule has 0 saturated carbocycles. The van der Waals surface area contributed by atoms with Crippen molar-refractivity contribution in [2.24, 2.45) is 11.7 Å². The normalized spacial score (nSPS) is 16.4. The van der Waals surface area contributed by atoms with Gasteiger partial charge < -0.3 is 5.73 Å². The number of rotatable bonds is 7. The average Bonchev–Trinajstić information content (AvgIpc) is 2.39. The number of benzene rings is 1. The van der Waals surface area contributed by atoms with E-state index in [1.807, 2.05) is 0 Å². The lowest BCUT2D eigenvalue weighted by Gasteiger charge is -2.42. The Hall–Kier alpha value is -0.380. The lowest BCUT2D eigenvalue weighted by molar-refractivity contribution is 0.0889. The molecule has 2 N–H and O–H groups in total. The van der Waals surface area contributed by atoms with Crippen LogP contribution in [0, 0.1) is 5.92 Å². The molecule has 20 heavy (non-hydrogen) atoms. The van der Waals surface area contributed by atoms with Crippen LogP contribution < -0.4 is 5.73 Å². The number of hydrogen-bond donors (Lipinski definition) is 1. The fourth-order valence-corrected chi connectivity index (χ4v) is 3.02. The van der Waals surface area contributed by atoms with Gasteiger partial charge in [0, 0.05) is 22.6 Å². The SMILES string of the molecule is CC(C)CC(C)N(C)C(C)(CN)Cc1ccc(Br)cc1. The van der Waals surface area contributed by atoms with Crippen LogP contribution in [0.25, 0.3) is 0 Å². The van der Waals surface area contributed by atoms with Crippen molar-refractivity contribution in [3.63, 3.8) is 0 Å². The number of likely N-dealkylation sites (N-methyl/N-ethyl adjacent to an activating group) is 1. The van der Waals surface area contributed by atoms with Gasteiger partial charge in [0.15, 0.2) is 0 Å². The molecule has 1 rings (SSSR count). The highest BCUT2D eigenvalue weighted by molar-refractivity contribution is 9.10. The van der Waals surface area contributed by atoms with E-state index in [0.29, 0.717) is 18.5 Å². The minimum Gasteiger partial charge on any atom is -0.329 e. The summed E-state index contributed by atoms with van der Waals surface area (Å²) in [4.78, 5) is 2.45. The van der Waals surface area contributed by atoms with Gasteiger partial charge in [-0.1, -0.05) is 41.9 Å². The molecule has 0 bridgehead atoms. The van der Waals surface area contributed by atoms with E-state index >= 15 is 0 Å². The minimum absolute atomic E-state index is 0.00212. The van der Waals surface area contributed by atoms with Crippen LogP contribution in [0.5, 0.6) is 0 Å². The molecule has 2 unspecified atom stereocenters. The Bertz CT molecular complexity index is 402. The molecule has 0 saturated heterocycles. The van der Waals surface area contributed by atoms with Crippen LogP contribution >= 0.6 is 15.9 Å². The van der Waals surface area contributed by atoms with Crippen LogP contribution in [0.15, 0.2) is 28.7 Å². The van der Waals surface area contributed by atoms with E-state index in [-0.39, 0.29) is 5.54 Å². The van der Waals surface area contributed by atoms with E-state index in [0.717, 1.165) is 10.9 Å². The first-order valence-corrected chi connectivity index (χ1v) is 8.25. The number of hydrogen-bond acceptors (Lipinski definition) is 2. The highest BCUT2D eigenvalue weighted by Crippen LogP contribution is 2.24. The summed E-state index contributed by atoms with van der Waals surface area (Å²) < 4.78 is 1.12. The van der Waals surface area contributed by atoms with Crippen LogP contribution in [-0.2, 0) is 6.42 Å². The van der Waals surface area contributed by atoms with Gasteiger partial charge in [-0.05, 0) is 57.4 Å². The molecule has 1 aromatic rings. The van der Waals surface area contributed by atoms with Crippen molar-refractivity contribution in [2.75, 3.05) is 13.6 Å².